The minimum Gasteiger partial charge on any atom is -0.325 e. The Morgan fingerprint density at radius 2 is 1.73 bits per heavy atom. The van der Waals surface area contributed by atoms with Crippen LogP contribution in [-0.4, -0.2) is 21.6 Å². The van der Waals surface area contributed by atoms with Gasteiger partial charge in [0.25, 0.3) is 0 Å². The third-order valence-corrected chi connectivity index (χ3v) is 7.81. The molecule has 0 saturated heterocycles. The summed E-state index contributed by atoms with van der Waals surface area (Å²) < 4.78 is 3.24. The number of para-hydroxylation sites is 1. The highest BCUT2D eigenvalue weighted by atomic mass is 32.2. The van der Waals surface area contributed by atoms with Crippen LogP contribution in [0.1, 0.15) is 5.56 Å². The molecule has 1 N–H and O–H groups in total. The Morgan fingerprint density at radius 3 is 2.57 bits per heavy atom. The molecule has 0 saturated carbocycles. The minimum absolute atomic E-state index is 0.0394. The van der Waals surface area contributed by atoms with Crippen LogP contribution in [0.5, 0.6) is 0 Å². The summed E-state index contributed by atoms with van der Waals surface area (Å²) >= 11 is 4.76. The van der Waals surface area contributed by atoms with Gasteiger partial charge >= 0.3 is 0 Å². The lowest BCUT2D eigenvalue weighted by atomic mass is 10.2. The topological polar surface area (TPSA) is 54.9 Å². The molecule has 2 heterocycles. The maximum absolute atomic E-state index is 12.3. The van der Waals surface area contributed by atoms with Gasteiger partial charge in [-0.05, 0) is 61.0 Å². The van der Waals surface area contributed by atoms with Crippen molar-refractivity contribution in [3.63, 3.8) is 0 Å². The number of rotatable bonds is 5. The highest BCUT2D eigenvalue weighted by Gasteiger charge is 2.10. The molecule has 7 heteroatoms. The van der Waals surface area contributed by atoms with E-state index in [4.69, 9.17) is 4.98 Å². The van der Waals surface area contributed by atoms with E-state index in [1.165, 1.54) is 22.0 Å². The van der Waals surface area contributed by atoms with Crippen molar-refractivity contribution in [3.8, 4) is 10.6 Å². The first-order valence-electron chi connectivity index (χ1n) is 9.40. The van der Waals surface area contributed by atoms with Crippen LogP contribution < -0.4 is 5.32 Å². The smallest absolute Gasteiger partial charge is 0.234 e. The monoisotopic (exact) mass is 447 g/mol. The summed E-state index contributed by atoms with van der Waals surface area (Å²) in [5.41, 5.74) is 5.07. The zero-order valence-electron chi connectivity index (χ0n) is 16.1. The van der Waals surface area contributed by atoms with Gasteiger partial charge in [-0.2, -0.15) is 0 Å². The third-order valence-electron chi connectivity index (χ3n) is 4.56. The fourth-order valence-corrected chi connectivity index (χ4v) is 6.03. The number of fused-ring (bicyclic) bond motifs is 2. The fourth-order valence-electron chi connectivity index (χ4n) is 3.09. The van der Waals surface area contributed by atoms with Gasteiger partial charge in [-0.15, -0.1) is 22.7 Å². The van der Waals surface area contributed by atoms with Gasteiger partial charge in [0, 0.05) is 11.3 Å². The molecule has 0 unspecified atom stereocenters. The van der Waals surface area contributed by atoms with E-state index in [9.17, 15) is 4.79 Å². The molecule has 4 nitrogen and oxygen atoms in total. The SMILES string of the molecule is Cc1ccc2nc(-c3ccc(NC(=O)CSc4nc5ccccc5s4)cc3)sc2c1. The Labute approximate surface area is 186 Å². The zero-order chi connectivity index (χ0) is 20.5. The lowest BCUT2D eigenvalue weighted by Crippen LogP contribution is -2.13. The van der Waals surface area contributed by atoms with Crippen LogP contribution >= 0.6 is 34.4 Å². The number of hydrogen-bond acceptors (Lipinski definition) is 6. The van der Waals surface area contributed by atoms with Crippen LogP contribution in [0.3, 0.4) is 0 Å². The van der Waals surface area contributed by atoms with Gasteiger partial charge in [-0.3, -0.25) is 4.79 Å². The molecule has 0 radical (unpaired) electrons. The van der Waals surface area contributed by atoms with Gasteiger partial charge in [-0.25, -0.2) is 9.97 Å². The van der Waals surface area contributed by atoms with E-state index in [0.29, 0.717) is 5.75 Å². The summed E-state index contributed by atoms with van der Waals surface area (Å²) in [5.74, 6) is 0.293. The average molecular weight is 448 g/mol. The molecule has 0 atom stereocenters. The zero-order valence-corrected chi connectivity index (χ0v) is 18.5. The van der Waals surface area contributed by atoms with Crippen molar-refractivity contribution >= 4 is 66.5 Å². The summed E-state index contributed by atoms with van der Waals surface area (Å²) in [5, 5.41) is 3.94. The van der Waals surface area contributed by atoms with Crippen LogP contribution in [-0.2, 0) is 4.79 Å². The second-order valence-corrected chi connectivity index (χ2v) is 10.1. The van der Waals surface area contributed by atoms with E-state index < -0.39 is 0 Å². The van der Waals surface area contributed by atoms with Gasteiger partial charge in [-0.1, -0.05) is 30.0 Å². The molecule has 5 rings (SSSR count). The molecule has 2 aromatic heterocycles. The lowest BCUT2D eigenvalue weighted by molar-refractivity contribution is -0.113. The number of anilines is 1. The van der Waals surface area contributed by atoms with Crippen molar-refractivity contribution in [2.45, 2.75) is 11.3 Å². The number of hydrogen-bond donors (Lipinski definition) is 1. The molecular weight excluding hydrogens is 430 g/mol. The summed E-state index contributed by atoms with van der Waals surface area (Å²) in [4.78, 5) is 21.6. The van der Waals surface area contributed by atoms with Crippen molar-refractivity contribution in [3.05, 3.63) is 72.3 Å². The van der Waals surface area contributed by atoms with Crippen molar-refractivity contribution in [1.29, 1.82) is 0 Å². The Kier molecular flexibility index (Phi) is 5.25. The molecule has 0 aliphatic carbocycles. The quantitative estimate of drug-likeness (QED) is 0.308. The van der Waals surface area contributed by atoms with E-state index >= 15 is 0 Å². The first-order valence-corrected chi connectivity index (χ1v) is 12.0. The Bertz CT molecular complexity index is 1320. The molecule has 30 heavy (non-hydrogen) atoms. The summed E-state index contributed by atoms with van der Waals surface area (Å²) in [6.45, 7) is 2.09. The van der Waals surface area contributed by atoms with E-state index in [2.05, 4.69) is 35.4 Å². The molecule has 0 bridgehead atoms. The molecule has 5 aromatic rings. The normalized spacial score (nSPS) is 11.2. The lowest BCUT2D eigenvalue weighted by Gasteiger charge is -2.05. The van der Waals surface area contributed by atoms with Gasteiger partial charge < -0.3 is 5.32 Å². The number of aromatic nitrogens is 2. The first-order chi connectivity index (χ1) is 14.6. The second kappa shape index (κ2) is 8.18. The number of thioether (sulfide) groups is 1. The maximum Gasteiger partial charge on any atom is 0.234 e. The van der Waals surface area contributed by atoms with Gasteiger partial charge in [0.1, 0.15) is 5.01 Å². The third kappa shape index (κ3) is 4.09. The minimum atomic E-state index is -0.0394. The van der Waals surface area contributed by atoms with Crippen LogP contribution in [0.15, 0.2) is 71.1 Å². The molecule has 1 amide bonds. The standard InChI is InChI=1S/C23H17N3OS3/c1-14-6-11-18-20(12-14)29-22(25-18)15-7-9-16(10-8-15)24-21(27)13-28-23-26-17-4-2-3-5-19(17)30-23/h2-12H,13H2,1H3,(H,24,27). The highest BCUT2D eigenvalue weighted by Crippen LogP contribution is 2.32. The average Bonchev–Trinajstić information content (AvgIpc) is 3.36. The number of nitrogens with zero attached hydrogens (tertiary/aromatic N) is 2. The number of thiazole rings is 2. The number of carbonyl (C=O) groups excluding carboxylic acids is 1. The Hall–Kier alpha value is -2.74. The summed E-state index contributed by atoms with van der Waals surface area (Å²) in [6.07, 6.45) is 0. The Morgan fingerprint density at radius 1 is 0.933 bits per heavy atom. The van der Waals surface area contributed by atoms with E-state index in [1.54, 1.807) is 22.7 Å². The van der Waals surface area contributed by atoms with Gasteiger partial charge in [0.2, 0.25) is 5.91 Å². The molecule has 3 aromatic carbocycles. The van der Waals surface area contributed by atoms with E-state index in [-0.39, 0.29) is 5.91 Å². The molecule has 0 aliphatic heterocycles. The van der Waals surface area contributed by atoms with Crippen molar-refractivity contribution in [1.82, 2.24) is 9.97 Å². The number of carbonyl (C=O) groups is 1. The highest BCUT2D eigenvalue weighted by molar-refractivity contribution is 8.01. The number of nitrogens with one attached hydrogen (secondary N) is 1. The molecule has 0 aliphatic rings. The molecular formula is C23H17N3OS3. The maximum atomic E-state index is 12.3. The summed E-state index contributed by atoms with van der Waals surface area (Å²) in [6, 6.07) is 22.2. The van der Waals surface area contributed by atoms with Crippen LogP contribution in [0.2, 0.25) is 0 Å². The van der Waals surface area contributed by atoms with Crippen molar-refractivity contribution in [2.24, 2.45) is 0 Å². The number of amides is 1. The van der Waals surface area contributed by atoms with Crippen molar-refractivity contribution in [2.75, 3.05) is 11.1 Å². The second-order valence-electron chi connectivity index (χ2n) is 6.85. The van der Waals surface area contributed by atoms with Crippen LogP contribution in [0.25, 0.3) is 31.0 Å². The van der Waals surface area contributed by atoms with Crippen molar-refractivity contribution < 1.29 is 4.79 Å². The van der Waals surface area contributed by atoms with E-state index in [1.807, 2.05) is 48.5 Å². The van der Waals surface area contributed by atoms with Crippen LogP contribution in [0, 0.1) is 6.92 Å². The predicted molar refractivity (Wildman–Crippen MR) is 129 cm³/mol. The summed E-state index contributed by atoms with van der Waals surface area (Å²) in [7, 11) is 0. The Balaban J connectivity index is 1.23. The largest absolute Gasteiger partial charge is 0.325 e. The molecule has 0 fully saturated rings. The van der Waals surface area contributed by atoms with Crippen LogP contribution in [0.4, 0.5) is 5.69 Å². The van der Waals surface area contributed by atoms with Gasteiger partial charge in [0.15, 0.2) is 4.34 Å². The fraction of sp³-hybridized carbons (Fsp3) is 0.0870. The first kappa shape index (κ1) is 19.2. The number of aryl methyl sites for hydroxylation is 1. The predicted octanol–water partition coefficient (Wildman–Crippen LogP) is 6.61. The number of benzene rings is 3. The molecule has 0 spiro atoms. The van der Waals surface area contributed by atoms with E-state index in [0.717, 1.165) is 36.3 Å². The molecule has 148 valence electrons. The van der Waals surface area contributed by atoms with Gasteiger partial charge in [0.05, 0.1) is 26.2 Å².